The number of nitrogens with zero attached hydrogens (tertiary/aromatic N) is 3. The highest BCUT2D eigenvalue weighted by Gasteiger charge is 2.32. The fourth-order valence-corrected chi connectivity index (χ4v) is 3.31. The summed E-state index contributed by atoms with van der Waals surface area (Å²) in [5.41, 5.74) is 0.139. The number of methoxy groups -OCH3 is 1. The lowest BCUT2D eigenvalue weighted by Crippen LogP contribution is -2.12. The molecule has 1 heterocycles. The molecule has 9 heteroatoms. The first-order valence-electron chi connectivity index (χ1n) is 7.53. The predicted molar refractivity (Wildman–Crippen MR) is 93.2 cm³/mol. The van der Waals surface area contributed by atoms with Gasteiger partial charge in [0.25, 0.3) is 0 Å². The summed E-state index contributed by atoms with van der Waals surface area (Å²) in [5, 5.41) is 8.34. The molecule has 0 radical (unpaired) electrons. The molecule has 26 heavy (non-hydrogen) atoms. The third kappa shape index (κ3) is 3.62. The van der Waals surface area contributed by atoms with Gasteiger partial charge in [0.05, 0.1) is 18.2 Å². The Morgan fingerprint density at radius 2 is 1.77 bits per heavy atom. The van der Waals surface area contributed by atoms with Crippen LogP contribution in [0.3, 0.4) is 0 Å². The number of thioether (sulfide) groups is 1. The number of benzene rings is 2. The number of aromatic nitrogens is 3. The molecule has 5 nitrogen and oxygen atoms in total. The lowest BCUT2D eigenvalue weighted by Gasteiger charge is -2.12. The van der Waals surface area contributed by atoms with Crippen LogP contribution in [0.2, 0.25) is 0 Å². The van der Waals surface area contributed by atoms with Crippen LogP contribution in [0.25, 0.3) is 11.4 Å². The first-order chi connectivity index (χ1) is 12.4. The molecule has 0 aliphatic heterocycles. The molecule has 0 aliphatic rings. The van der Waals surface area contributed by atoms with E-state index in [1.54, 1.807) is 24.3 Å². The normalized spacial score (nSPS) is 11.5. The van der Waals surface area contributed by atoms with Gasteiger partial charge >= 0.3 is 6.18 Å². The number of alkyl halides is 3. The van der Waals surface area contributed by atoms with Crippen molar-refractivity contribution in [1.29, 1.82) is 0 Å². The Bertz CT molecular complexity index is 911. The molecular weight excluding hydrogens is 365 g/mol. The second kappa shape index (κ2) is 7.28. The summed E-state index contributed by atoms with van der Waals surface area (Å²) < 4.78 is 45.8. The van der Waals surface area contributed by atoms with Crippen molar-refractivity contribution >= 4 is 11.8 Å². The number of hydrogen-bond acceptors (Lipinski definition) is 5. The molecule has 0 saturated carbocycles. The molecule has 0 saturated heterocycles. The monoisotopic (exact) mass is 380 g/mol. The molecule has 0 aliphatic carbocycles. The number of nitrogen functional groups attached to an aromatic ring is 1. The third-order valence-corrected chi connectivity index (χ3v) is 4.68. The van der Waals surface area contributed by atoms with E-state index in [0.717, 1.165) is 17.8 Å². The second-order valence-electron chi connectivity index (χ2n) is 5.32. The minimum Gasteiger partial charge on any atom is -0.496 e. The van der Waals surface area contributed by atoms with Crippen LogP contribution in [-0.4, -0.2) is 22.0 Å². The molecule has 136 valence electrons. The van der Waals surface area contributed by atoms with Gasteiger partial charge in [-0.25, -0.2) is 4.68 Å². The fraction of sp³-hybridized carbons (Fsp3) is 0.176. The Labute approximate surface area is 152 Å². The Hall–Kier alpha value is -2.68. The Kier molecular flexibility index (Phi) is 5.08. The second-order valence-corrected chi connectivity index (χ2v) is 6.26. The molecule has 0 bridgehead atoms. The zero-order valence-electron chi connectivity index (χ0n) is 13.7. The van der Waals surface area contributed by atoms with Crippen molar-refractivity contribution in [2.24, 2.45) is 0 Å². The average molecular weight is 380 g/mol. The number of para-hydroxylation sites is 1. The fourth-order valence-electron chi connectivity index (χ4n) is 2.45. The van der Waals surface area contributed by atoms with E-state index in [2.05, 4.69) is 10.2 Å². The minimum atomic E-state index is -4.41. The first-order valence-corrected chi connectivity index (χ1v) is 8.52. The van der Waals surface area contributed by atoms with E-state index < -0.39 is 11.7 Å². The molecule has 0 unspecified atom stereocenters. The van der Waals surface area contributed by atoms with Gasteiger partial charge in [-0.1, -0.05) is 42.1 Å². The topological polar surface area (TPSA) is 66.0 Å². The summed E-state index contributed by atoms with van der Waals surface area (Å²) in [4.78, 5) is 0. The van der Waals surface area contributed by atoms with Gasteiger partial charge in [0.15, 0.2) is 5.82 Å². The van der Waals surface area contributed by atoms with Crippen LogP contribution < -0.4 is 10.6 Å². The standard InChI is InChI=1S/C17H15F3N4OS/c1-25-14-9-5-3-7-12(14)15-22-23-16(24(15)21)26-10-11-6-2-4-8-13(11)17(18,19)20/h2-9H,10,21H2,1H3. The summed E-state index contributed by atoms with van der Waals surface area (Å²) in [7, 11) is 1.53. The van der Waals surface area contributed by atoms with Gasteiger partial charge in [-0.15, -0.1) is 10.2 Å². The Balaban J connectivity index is 1.85. The van der Waals surface area contributed by atoms with Crippen LogP contribution in [0.1, 0.15) is 11.1 Å². The van der Waals surface area contributed by atoms with E-state index in [1.807, 2.05) is 6.07 Å². The lowest BCUT2D eigenvalue weighted by molar-refractivity contribution is -0.138. The average Bonchev–Trinajstić information content (AvgIpc) is 3.00. The van der Waals surface area contributed by atoms with Gasteiger partial charge in [-0.2, -0.15) is 13.2 Å². The van der Waals surface area contributed by atoms with Gasteiger partial charge in [0, 0.05) is 5.75 Å². The molecule has 3 rings (SSSR count). The summed E-state index contributed by atoms with van der Waals surface area (Å²) in [5.74, 6) is 7.05. The number of rotatable bonds is 5. The highest BCUT2D eigenvalue weighted by molar-refractivity contribution is 7.98. The SMILES string of the molecule is COc1ccccc1-c1nnc(SCc2ccccc2C(F)(F)F)n1N. The van der Waals surface area contributed by atoms with Crippen molar-refractivity contribution in [2.45, 2.75) is 17.1 Å². The molecule has 0 spiro atoms. The smallest absolute Gasteiger partial charge is 0.416 e. The zero-order valence-corrected chi connectivity index (χ0v) is 14.5. The molecule has 2 aromatic carbocycles. The van der Waals surface area contributed by atoms with Crippen LogP contribution in [0, 0.1) is 0 Å². The van der Waals surface area contributed by atoms with Crippen molar-refractivity contribution < 1.29 is 17.9 Å². The minimum absolute atomic E-state index is 0.0664. The van der Waals surface area contributed by atoms with Crippen LogP contribution in [0.5, 0.6) is 5.75 Å². The summed E-state index contributed by atoms with van der Waals surface area (Å²) in [6.45, 7) is 0. The van der Waals surface area contributed by atoms with Crippen LogP contribution in [0.15, 0.2) is 53.7 Å². The highest BCUT2D eigenvalue weighted by atomic mass is 32.2. The number of halogens is 3. The van der Waals surface area contributed by atoms with Gasteiger partial charge < -0.3 is 10.6 Å². The van der Waals surface area contributed by atoms with E-state index >= 15 is 0 Å². The Morgan fingerprint density at radius 3 is 2.50 bits per heavy atom. The molecule has 3 aromatic rings. The maximum atomic E-state index is 13.1. The van der Waals surface area contributed by atoms with Gasteiger partial charge in [-0.3, -0.25) is 0 Å². The lowest BCUT2D eigenvalue weighted by atomic mass is 10.1. The zero-order chi connectivity index (χ0) is 18.7. The van der Waals surface area contributed by atoms with Crippen molar-refractivity contribution in [2.75, 3.05) is 13.0 Å². The quantitative estimate of drug-likeness (QED) is 0.536. The molecular formula is C17H15F3N4OS. The summed E-state index contributed by atoms with van der Waals surface area (Å²) in [6, 6.07) is 12.6. The summed E-state index contributed by atoms with van der Waals surface area (Å²) in [6.07, 6.45) is -4.41. The van der Waals surface area contributed by atoms with Crippen LogP contribution in [0.4, 0.5) is 13.2 Å². The number of ether oxygens (including phenoxy) is 1. The van der Waals surface area contributed by atoms with E-state index in [9.17, 15) is 13.2 Å². The van der Waals surface area contributed by atoms with E-state index in [0.29, 0.717) is 22.3 Å². The molecule has 2 N–H and O–H groups in total. The molecule has 0 atom stereocenters. The van der Waals surface area contributed by atoms with Crippen molar-refractivity contribution in [3.8, 4) is 17.1 Å². The van der Waals surface area contributed by atoms with Gasteiger partial charge in [-0.05, 0) is 23.8 Å². The van der Waals surface area contributed by atoms with Crippen LogP contribution in [-0.2, 0) is 11.9 Å². The van der Waals surface area contributed by atoms with E-state index in [1.165, 1.54) is 23.9 Å². The van der Waals surface area contributed by atoms with Crippen molar-refractivity contribution in [3.05, 3.63) is 59.7 Å². The molecule has 1 aromatic heterocycles. The first kappa shape index (κ1) is 18.1. The highest BCUT2D eigenvalue weighted by Crippen LogP contribution is 2.35. The maximum absolute atomic E-state index is 13.1. The van der Waals surface area contributed by atoms with Gasteiger partial charge in [0.2, 0.25) is 5.16 Å². The van der Waals surface area contributed by atoms with Gasteiger partial charge in [0.1, 0.15) is 5.75 Å². The number of hydrogen-bond donors (Lipinski definition) is 1. The van der Waals surface area contributed by atoms with E-state index in [-0.39, 0.29) is 11.3 Å². The van der Waals surface area contributed by atoms with E-state index in [4.69, 9.17) is 10.6 Å². The van der Waals surface area contributed by atoms with Crippen LogP contribution >= 0.6 is 11.8 Å². The van der Waals surface area contributed by atoms with Crippen molar-refractivity contribution in [3.63, 3.8) is 0 Å². The molecule has 0 fully saturated rings. The molecule has 0 amide bonds. The summed E-state index contributed by atoms with van der Waals surface area (Å²) >= 11 is 1.08. The predicted octanol–water partition coefficient (Wildman–Crippen LogP) is 3.98. The van der Waals surface area contributed by atoms with Crippen molar-refractivity contribution in [1.82, 2.24) is 14.9 Å². The number of nitrogens with two attached hydrogens (primary N) is 1. The largest absolute Gasteiger partial charge is 0.496 e. The maximum Gasteiger partial charge on any atom is 0.416 e. The Morgan fingerprint density at radius 1 is 1.08 bits per heavy atom. The third-order valence-electron chi connectivity index (χ3n) is 3.69.